The van der Waals surface area contributed by atoms with Gasteiger partial charge in [-0.05, 0) is 33.8 Å². The zero-order valence-electron chi connectivity index (χ0n) is 14.1. The standard InChI is InChI=1S/C15H19BF4O4/c1-13(2)14(3,4)24-16(23-13)10-6-9(22-8-21-5)7-11(17)12(10)15(18,19)20/h6-7H,8H2,1-5H3. The average molecular weight is 350 g/mol. The van der Waals surface area contributed by atoms with Crippen LogP contribution < -0.4 is 10.2 Å². The quantitative estimate of drug-likeness (QED) is 0.475. The second-order valence-corrected chi connectivity index (χ2v) is 6.51. The maximum atomic E-state index is 14.1. The van der Waals surface area contributed by atoms with E-state index < -0.39 is 41.3 Å². The normalized spacial score (nSPS) is 19.6. The summed E-state index contributed by atoms with van der Waals surface area (Å²) in [5.41, 5.74) is -3.61. The van der Waals surface area contributed by atoms with Crippen LogP contribution in [0.25, 0.3) is 0 Å². The van der Waals surface area contributed by atoms with Crippen molar-refractivity contribution < 1.29 is 36.3 Å². The minimum atomic E-state index is -4.90. The van der Waals surface area contributed by atoms with Crippen LogP contribution in [-0.4, -0.2) is 32.2 Å². The monoisotopic (exact) mass is 350 g/mol. The number of rotatable bonds is 4. The third kappa shape index (κ3) is 3.53. The molecule has 0 N–H and O–H groups in total. The van der Waals surface area contributed by atoms with Gasteiger partial charge in [-0.2, -0.15) is 13.2 Å². The van der Waals surface area contributed by atoms with Crippen LogP contribution in [0.1, 0.15) is 33.3 Å². The lowest BCUT2D eigenvalue weighted by Gasteiger charge is -2.32. The summed E-state index contributed by atoms with van der Waals surface area (Å²) < 4.78 is 75.1. The molecule has 0 radical (unpaired) electrons. The highest BCUT2D eigenvalue weighted by atomic mass is 19.4. The van der Waals surface area contributed by atoms with Crippen LogP contribution in [-0.2, 0) is 20.2 Å². The van der Waals surface area contributed by atoms with E-state index >= 15 is 0 Å². The molecule has 0 bridgehead atoms. The van der Waals surface area contributed by atoms with Gasteiger partial charge in [-0.25, -0.2) is 4.39 Å². The molecule has 4 nitrogen and oxygen atoms in total. The molecule has 1 heterocycles. The molecule has 24 heavy (non-hydrogen) atoms. The van der Waals surface area contributed by atoms with E-state index in [2.05, 4.69) is 4.74 Å². The molecular weight excluding hydrogens is 331 g/mol. The number of ether oxygens (including phenoxy) is 2. The Bertz CT molecular complexity index is 600. The molecule has 0 unspecified atom stereocenters. The third-order valence-corrected chi connectivity index (χ3v) is 4.23. The number of hydrogen-bond acceptors (Lipinski definition) is 4. The second-order valence-electron chi connectivity index (χ2n) is 6.51. The first-order chi connectivity index (χ1) is 10.9. The smallest absolute Gasteiger partial charge is 0.467 e. The van der Waals surface area contributed by atoms with E-state index in [4.69, 9.17) is 14.0 Å². The summed E-state index contributed by atoms with van der Waals surface area (Å²) >= 11 is 0. The Labute approximate surface area is 138 Å². The lowest BCUT2D eigenvalue weighted by Crippen LogP contribution is -2.41. The van der Waals surface area contributed by atoms with Crippen molar-refractivity contribution in [1.82, 2.24) is 0 Å². The molecule has 134 valence electrons. The van der Waals surface area contributed by atoms with Crippen molar-refractivity contribution in [1.29, 1.82) is 0 Å². The van der Waals surface area contributed by atoms with Gasteiger partial charge < -0.3 is 18.8 Å². The van der Waals surface area contributed by atoms with Crippen LogP contribution in [0.2, 0.25) is 0 Å². The Hall–Kier alpha value is -1.32. The lowest BCUT2D eigenvalue weighted by molar-refractivity contribution is -0.139. The Morgan fingerprint density at radius 1 is 1.08 bits per heavy atom. The van der Waals surface area contributed by atoms with Gasteiger partial charge >= 0.3 is 13.3 Å². The minimum Gasteiger partial charge on any atom is -0.467 e. The number of alkyl halides is 3. The Morgan fingerprint density at radius 3 is 2.08 bits per heavy atom. The van der Waals surface area contributed by atoms with Crippen molar-refractivity contribution in [2.45, 2.75) is 45.1 Å². The van der Waals surface area contributed by atoms with Gasteiger partial charge in [0.25, 0.3) is 0 Å². The summed E-state index contributed by atoms with van der Waals surface area (Å²) in [7, 11) is -0.0255. The zero-order valence-corrected chi connectivity index (χ0v) is 14.1. The molecule has 0 spiro atoms. The number of methoxy groups -OCH3 is 1. The molecule has 1 aromatic carbocycles. The first-order valence-electron chi connectivity index (χ1n) is 7.27. The van der Waals surface area contributed by atoms with Crippen LogP contribution >= 0.6 is 0 Å². The Kier molecular flexibility index (Phi) is 4.91. The van der Waals surface area contributed by atoms with Gasteiger partial charge in [0.2, 0.25) is 0 Å². The van der Waals surface area contributed by atoms with E-state index in [1.807, 2.05) is 0 Å². The minimum absolute atomic E-state index is 0.105. The van der Waals surface area contributed by atoms with Gasteiger partial charge in [-0.3, -0.25) is 0 Å². The summed E-state index contributed by atoms with van der Waals surface area (Å²) in [6.07, 6.45) is -4.90. The van der Waals surface area contributed by atoms with Crippen molar-refractivity contribution in [2.24, 2.45) is 0 Å². The highest BCUT2D eigenvalue weighted by Gasteiger charge is 2.54. The zero-order chi connectivity index (χ0) is 18.3. The van der Waals surface area contributed by atoms with Gasteiger partial charge in [0.05, 0.1) is 16.8 Å². The van der Waals surface area contributed by atoms with Crippen molar-refractivity contribution >= 4 is 12.6 Å². The van der Waals surface area contributed by atoms with Crippen molar-refractivity contribution in [3.05, 3.63) is 23.5 Å². The van der Waals surface area contributed by atoms with Gasteiger partial charge in [-0.1, -0.05) is 0 Å². The Morgan fingerprint density at radius 2 is 1.62 bits per heavy atom. The molecule has 9 heteroatoms. The highest BCUT2D eigenvalue weighted by Crippen LogP contribution is 2.39. The van der Waals surface area contributed by atoms with E-state index in [9.17, 15) is 17.6 Å². The molecule has 1 aliphatic rings. The van der Waals surface area contributed by atoms with Gasteiger partial charge in [0.1, 0.15) is 11.6 Å². The van der Waals surface area contributed by atoms with E-state index in [0.29, 0.717) is 6.07 Å². The molecule has 2 rings (SSSR count). The van der Waals surface area contributed by atoms with Crippen molar-refractivity contribution in [2.75, 3.05) is 13.9 Å². The number of hydrogen-bond donors (Lipinski definition) is 0. The maximum absolute atomic E-state index is 14.1. The fourth-order valence-corrected chi connectivity index (χ4v) is 2.27. The SMILES string of the molecule is COCOc1cc(F)c(C(F)(F)F)c(B2OC(C)(C)C(C)(C)O2)c1. The molecule has 1 saturated heterocycles. The molecule has 1 aromatic rings. The first-order valence-corrected chi connectivity index (χ1v) is 7.27. The summed E-state index contributed by atoms with van der Waals surface area (Å²) in [5.74, 6) is -1.56. The largest absolute Gasteiger partial charge is 0.495 e. The molecule has 0 aromatic heterocycles. The van der Waals surface area contributed by atoms with Crippen LogP contribution in [0, 0.1) is 5.82 Å². The van der Waals surface area contributed by atoms with Gasteiger partial charge in [0.15, 0.2) is 6.79 Å². The first kappa shape index (κ1) is 19.0. The fraction of sp³-hybridized carbons (Fsp3) is 0.600. The summed E-state index contributed by atoms with van der Waals surface area (Å²) in [5, 5.41) is 0. The van der Waals surface area contributed by atoms with Gasteiger partial charge in [-0.15, -0.1) is 0 Å². The molecule has 1 fully saturated rings. The predicted octanol–water partition coefficient (Wildman–Crippen LogP) is 3.13. The summed E-state index contributed by atoms with van der Waals surface area (Å²) in [6, 6.07) is 1.73. The van der Waals surface area contributed by atoms with Crippen molar-refractivity contribution in [3.8, 4) is 5.75 Å². The fourth-order valence-electron chi connectivity index (χ4n) is 2.27. The van der Waals surface area contributed by atoms with E-state index in [0.717, 1.165) is 6.07 Å². The average Bonchev–Trinajstić information content (AvgIpc) is 2.63. The van der Waals surface area contributed by atoms with Crippen LogP contribution in [0.15, 0.2) is 12.1 Å². The summed E-state index contributed by atoms with van der Waals surface area (Å²) in [6.45, 7) is 6.56. The number of halogens is 4. The van der Waals surface area contributed by atoms with E-state index in [1.165, 1.54) is 7.11 Å². The number of benzene rings is 1. The van der Waals surface area contributed by atoms with Gasteiger partial charge in [0, 0.05) is 18.6 Å². The highest BCUT2D eigenvalue weighted by molar-refractivity contribution is 6.62. The Balaban J connectivity index is 2.52. The molecule has 1 aliphatic heterocycles. The topological polar surface area (TPSA) is 36.9 Å². The van der Waals surface area contributed by atoms with E-state index in [1.54, 1.807) is 27.7 Å². The summed E-state index contributed by atoms with van der Waals surface area (Å²) in [4.78, 5) is 0. The molecule has 0 saturated carbocycles. The second kappa shape index (κ2) is 6.20. The molecule has 0 atom stereocenters. The molecule has 0 aliphatic carbocycles. The molecule has 0 amide bonds. The van der Waals surface area contributed by atoms with Crippen LogP contribution in [0.5, 0.6) is 5.75 Å². The third-order valence-electron chi connectivity index (χ3n) is 4.23. The van der Waals surface area contributed by atoms with Crippen LogP contribution in [0.4, 0.5) is 17.6 Å². The predicted molar refractivity (Wildman–Crippen MR) is 79.6 cm³/mol. The maximum Gasteiger partial charge on any atom is 0.495 e. The van der Waals surface area contributed by atoms with Crippen LogP contribution in [0.3, 0.4) is 0 Å². The molecular formula is C15H19BF4O4. The van der Waals surface area contributed by atoms with E-state index in [-0.39, 0.29) is 12.5 Å². The lowest BCUT2D eigenvalue weighted by atomic mass is 9.75. The van der Waals surface area contributed by atoms with Crippen molar-refractivity contribution in [3.63, 3.8) is 0 Å².